The summed E-state index contributed by atoms with van der Waals surface area (Å²) in [5.41, 5.74) is 4.79. The average Bonchev–Trinajstić information content (AvgIpc) is 2.68. The predicted octanol–water partition coefficient (Wildman–Crippen LogP) is 2.95. The van der Waals surface area contributed by atoms with E-state index in [9.17, 15) is 4.79 Å². The molecule has 1 N–H and O–H groups in total. The summed E-state index contributed by atoms with van der Waals surface area (Å²) >= 11 is 5.89. The van der Waals surface area contributed by atoms with Gasteiger partial charge in [0.2, 0.25) is 0 Å². The second-order valence-electron chi connectivity index (χ2n) is 5.74. The van der Waals surface area contributed by atoms with Crippen molar-refractivity contribution in [2.24, 2.45) is 5.10 Å². The standard InChI is InChI=1S/C19H20ClN3O3/c1-25-18-12-17(23-7-9-26-10-8-23)6-5-15(18)13-21-22-19(24)14-3-2-4-16(20)11-14/h2-6,11-13H,7-10H2,1H3,(H,22,24)/b21-13-. The Kier molecular flexibility index (Phi) is 6.09. The van der Waals surface area contributed by atoms with Gasteiger partial charge in [-0.3, -0.25) is 4.79 Å². The van der Waals surface area contributed by atoms with E-state index in [2.05, 4.69) is 15.4 Å². The minimum Gasteiger partial charge on any atom is -0.496 e. The number of benzene rings is 2. The zero-order chi connectivity index (χ0) is 18.4. The molecule has 0 aliphatic carbocycles. The van der Waals surface area contributed by atoms with Crippen molar-refractivity contribution in [3.63, 3.8) is 0 Å². The Morgan fingerprint density at radius 3 is 2.81 bits per heavy atom. The van der Waals surface area contributed by atoms with Crippen molar-refractivity contribution in [2.75, 3.05) is 38.3 Å². The highest BCUT2D eigenvalue weighted by atomic mass is 35.5. The number of hydrogen-bond acceptors (Lipinski definition) is 5. The van der Waals surface area contributed by atoms with Crippen LogP contribution in [0.2, 0.25) is 5.02 Å². The summed E-state index contributed by atoms with van der Waals surface area (Å²) in [6.45, 7) is 3.15. The van der Waals surface area contributed by atoms with Crippen LogP contribution in [0.4, 0.5) is 5.69 Å². The van der Waals surface area contributed by atoms with E-state index in [0.29, 0.717) is 16.3 Å². The molecule has 1 aliphatic rings. The molecule has 1 aliphatic heterocycles. The molecule has 1 heterocycles. The zero-order valence-electron chi connectivity index (χ0n) is 14.4. The number of amides is 1. The smallest absolute Gasteiger partial charge is 0.271 e. The number of nitrogens with zero attached hydrogens (tertiary/aromatic N) is 2. The molecule has 2 aromatic rings. The van der Waals surface area contributed by atoms with Crippen LogP contribution in [0.15, 0.2) is 47.6 Å². The lowest BCUT2D eigenvalue weighted by molar-refractivity contribution is 0.0955. The number of rotatable bonds is 5. The fourth-order valence-electron chi connectivity index (χ4n) is 2.68. The van der Waals surface area contributed by atoms with Crippen LogP contribution in [-0.2, 0) is 4.74 Å². The lowest BCUT2D eigenvalue weighted by Gasteiger charge is -2.29. The first-order valence-corrected chi connectivity index (χ1v) is 8.65. The van der Waals surface area contributed by atoms with Gasteiger partial charge in [-0.05, 0) is 30.3 Å². The van der Waals surface area contributed by atoms with Gasteiger partial charge in [-0.25, -0.2) is 5.43 Å². The number of methoxy groups -OCH3 is 1. The molecule has 1 fully saturated rings. The number of carbonyl (C=O) groups excluding carboxylic acids is 1. The zero-order valence-corrected chi connectivity index (χ0v) is 15.2. The first-order valence-electron chi connectivity index (χ1n) is 8.27. The molecule has 0 atom stereocenters. The molecule has 2 aromatic carbocycles. The Bertz CT molecular complexity index is 804. The average molecular weight is 374 g/mol. The third-order valence-electron chi connectivity index (χ3n) is 4.05. The Balaban J connectivity index is 1.68. The summed E-state index contributed by atoms with van der Waals surface area (Å²) in [7, 11) is 1.61. The van der Waals surface area contributed by atoms with E-state index >= 15 is 0 Å². The summed E-state index contributed by atoms with van der Waals surface area (Å²) in [5, 5.41) is 4.52. The number of morpholine rings is 1. The Morgan fingerprint density at radius 1 is 1.27 bits per heavy atom. The predicted molar refractivity (Wildman–Crippen MR) is 103 cm³/mol. The van der Waals surface area contributed by atoms with Crippen LogP contribution in [0.5, 0.6) is 5.75 Å². The molecule has 0 unspecified atom stereocenters. The lowest BCUT2D eigenvalue weighted by atomic mass is 10.1. The van der Waals surface area contributed by atoms with E-state index < -0.39 is 0 Å². The highest BCUT2D eigenvalue weighted by Gasteiger charge is 2.13. The van der Waals surface area contributed by atoms with Crippen molar-refractivity contribution >= 4 is 29.4 Å². The van der Waals surface area contributed by atoms with Gasteiger partial charge in [0, 0.05) is 41.0 Å². The van der Waals surface area contributed by atoms with E-state index in [1.54, 1.807) is 37.6 Å². The molecule has 6 nitrogen and oxygen atoms in total. The van der Waals surface area contributed by atoms with Gasteiger partial charge in [0.25, 0.3) is 5.91 Å². The summed E-state index contributed by atoms with van der Waals surface area (Å²) < 4.78 is 10.8. The maximum Gasteiger partial charge on any atom is 0.271 e. The highest BCUT2D eigenvalue weighted by Crippen LogP contribution is 2.25. The highest BCUT2D eigenvalue weighted by molar-refractivity contribution is 6.30. The van der Waals surface area contributed by atoms with Gasteiger partial charge in [0.05, 0.1) is 26.5 Å². The Hall–Kier alpha value is -2.57. The van der Waals surface area contributed by atoms with Crippen molar-refractivity contribution in [2.45, 2.75) is 0 Å². The van der Waals surface area contributed by atoms with Crippen LogP contribution in [0.3, 0.4) is 0 Å². The number of anilines is 1. The van der Waals surface area contributed by atoms with Crippen molar-refractivity contribution in [1.29, 1.82) is 0 Å². The molecule has 0 saturated carbocycles. The molecule has 0 spiro atoms. The summed E-state index contributed by atoms with van der Waals surface area (Å²) in [4.78, 5) is 14.3. The molecule has 3 rings (SSSR count). The van der Waals surface area contributed by atoms with Gasteiger partial charge in [-0.15, -0.1) is 0 Å². The number of ether oxygens (including phenoxy) is 2. The third kappa shape index (κ3) is 4.53. The first kappa shape index (κ1) is 18.2. The van der Waals surface area contributed by atoms with Crippen molar-refractivity contribution in [1.82, 2.24) is 5.43 Å². The molecular weight excluding hydrogens is 354 g/mol. The molecule has 0 aromatic heterocycles. The van der Waals surface area contributed by atoms with Gasteiger partial charge in [0.1, 0.15) is 5.75 Å². The number of hydrogen-bond donors (Lipinski definition) is 1. The molecule has 136 valence electrons. The van der Waals surface area contributed by atoms with Crippen LogP contribution in [0.25, 0.3) is 0 Å². The number of nitrogens with one attached hydrogen (secondary N) is 1. The van der Waals surface area contributed by atoms with Crippen LogP contribution >= 0.6 is 11.6 Å². The van der Waals surface area contributed by atoms with Crippen molar-refractivity contribution in [3.05, 3.63) is 58.6 Å². The van der Waals surface area contributed by atoms with E-state index in [4.69, 9.17) is 21.1 Å². The number of halogens is 1. The lowest BCUT2D eigenvalue weighted by Crippen LogP contribution is -2.36. The van der Waals surface area contributed by atoms with Gasteiger partial charge in [-0.2, -0.15) is 5.10 Å². The van der Waals surface area contributed by atoms with E-state index in [1.165, 1.54) is 0 Å². The largest absolute Gasteiger partial charge is 0.496 e. The van der Waals surface area contributed by atoms with Crippen LogP contribution in [0, 0.1) is 0 Å². The van der Waals surface area contributed by atoms with Gasteiger partial charge in [0.15, 0.2) is 0 Å². The fraction of sp³-hybridized carbons (Fsp3) is 0.263. The van der Waals surface area contributed by atoms with E-state index in [-0.39, 0.29) is 5.91 Å². The van der Waals surface area contributed by atoms with Crippen molar-refractivity contribution in [3.8, 4) is 5.75 Å². The minimum atomic E-state index is -0.326. The molecule has 0 bridgehead atoms. The Labute approximate surface area is 157 Å². The van der Waals surface area contributed by atoms with Gasteiger partial charge in [-0.1, -0.05) is 17.7 Å². The minimum absolute atomic E-state index is 0.326. The normalized spacial score (nSPS) is 14.5. The summed E-state index contributed by atoms with van der Waals surface area (Å²) in [5.74, 6) is 0.363. The SMILES string of the molecule is COc1cc(N2CCOCC2)ccc1/C=N\NC(=O)c1cccc(Cl)c1. The second-order valence-corrected chi connectivity index (χ2v) is 6.17. The molecule has 0 radical (unpaired) electrons. The Morgan fingerprint density at radius 2 is 2.08 bits per heavy atom. The van der Waals surface area contributed by atoms with Crippen LogP contribution in [-0.4, -0.2) is 45.5 Å². The molecule has 1 saturated heterocycles. The summed E-state index contributed by atoms with van der Waals surface area (Å²) in [6, 6.07) is 12.6. The quantitative estimate of drug-likeness (QED) is 0.646. The van der Waals surface area contributed by atoms with Crippen molar-refractivity contribution < 1.29 is 14.3 Å². The topological polar surface area (TPSA) is 63.2 Å². The maximum atomic E-state index is 12.1. The summed E-state index contributed by atoms with van der Waals surface area (Å²) in [6.07, 6.45) is 1.56. The van der Waals surface area contributed by atoms with E-state index in [1.807, 2.05) is 18.2 Å². The molecular formula is C19H20ClN3O3. The molecule has 7 heteroatoms. The number of carbonyl (C=O) groups is 1. The van der Waals surface area contributed by atoms with Gasteiger partial charge < -0.3 is 14.4 Å². The first-order chi connectivity index (χ1) is 12.7. The van der Waals surface area contributed by atoms with Crippen LogP contribution < -0.4 is 15.1 Å². The third-order valence-corrected chi connectivity index (χ3v) is 4.28. The molecule has 26 heavy (non-hydrogen) atoms. The monoisotopic (exact) mass is 373 g/mol. The maximum absolute atomic E-state index is 12.1. The van der Waals surface area contributed by atoms with E-state index in [0.717, 1.165) is 37.6 Å². The second kappa shape index (κ2) is 8.69. The number of hydrazone groups is 1. The van der Waals surface area contributed by atoms with Crippen LogP contribution in [0.1, 0.15) is 15.9 Å². The molecule has 1 amide bonds. The van der Waals surface area contributed by atoms with Gasteiger partial charge >= 0.3 is 0 Å². The fourth-order valence-corrected chi connectivity index (χ4v) is 2.87.